The van der Waals surface area contributed by atoms with Crippen LogP contribution >= 0.6 is 11.3 Å². The summed E-state index contributed by atoms with van der Waals surface area (Å²) in [6, 6.07) is 20.3. The number of benzene rings is 2. The Kier molecular flexibility index (Phi) is 4.56. The third-order valence-corrected chi connectivity index (χ3v) is 5.49. The Bertz CT molecular complexity index is 1060. The van der Waals surface area contributed by atoms with Crippen molar-refractivity contribution in [1.29, 1.82) is 0 Å². The Balaban J connectivity index is 1.77. The molecular formula is C22H18FN3S. The van der Waals surface area contributed by atoms with Crippen LogP contribution in [0.5, 0.6) is 0 Å². The van der Waals surface area contributed by atoms with E-state index >= 15 is 0 Å². The van der Waals surface area contributed by atoms with E-state index < -0.39 is 5.54 Å². The van der Waals surface area contributed by atoms with Crippen molar-refractivity contribution in [2.45, 2.75) is 12.5 Å². The minimum Gasteiger partial charge on any atom is -0.317 e. The number of pyridine rings is 1. The summed E-state index contributed by atoms with van der Waals surface area (Å²) in [5.41, 5.74) is 12.2. The molecule has 1 atom stereocenters. The fourth-order valence-electron chi connectivity index (χ4n) is 3.05. The highest BCUT2D eigenvalue weighted by molar-refractivity contribution is 7.13. The molecule has 3 nitrogen and oxygen atoms in total. The van der Waals surface area contributed by atoms with Crippen molar-refractivity contribution in [2.24, 2.45) is 5.73 Å². The molecule has 2 heterocycles. The van der Waals surface area contributed by atoms with Gasteiger partial charge in [-0.2, -0.15) is 0 Å². The first-order chi connectivity index (χ1) is 13.1. The second-order valence-corrected chi connectivity index (χ2v) is 7.39. The number of nitrogens with two attached hydrogens (primary N) is 1. The van der Waals surface area contributed by atoms with Gasteiger partial charge in [0.05, 0.1) is 27.3 Å². The molecule has 0 aliphatic carbocycles. The first-order valence-corrected chi connectivity index (χ1v) is 9.44. The van der Waals surface area contributed by atoms with Crippen LogP contribution in [0.15, 0.2) is 78.4 Å². The maximum absolute atomic E-state index is 13.3. The molecule has 2 N–H and O–H groups in total. The Labute approximate surface area is 161 Å². The van der Waals surface area contributed by atoms with Crippen molar-refractivity contribution in [1.82, 2.24) is 9.97 Å². The molecule has 0 aliphatic rings. The average molecular weight is 375 g/mol. The largest absolute Gasteiger partial charge is 0.317 e. The molecule has 0 unspecified atom stereocenters. The Hall–Kier alpha value is -2.89. The summed E-state index contributed by atoms with van der Waals surface area (Å²) in [6.45, 7) is 1.96. The van der Waals surface area contributed by atoms with Gasteiger partial charge >= 0.3 is 0 Å². The van der Waals surface area contributed by atoms with Crippen molar-refractivity contribution >= 4 is 11.3 Å². The smallest absolute Gasteiger partial charge is 0.123 e. The van der Waals surface area contributed by atoms with Gasteiger partial charge in [0.1, 0.15) is 5.82 Å². The molecule has 0 fully saturated rings. The minimum atomic E-state index is -0.710. The molecule has 2 aromatic heterocycles. The van der Waals surface area contributed by atoms with E-state index in [2.05, 4.69) is 9.97 Å². The summed E-state index contributed by atoms with van der Waals surface area (Å²) < 4.78 is 13.3. The molecule has 0 amide bonds. The molecule has 0 spiro atoms. The molecule has 0 saturated heterocycles. The third-order valence-electron chi connectivity index (χ3n) is 4.61. The topological polar surface area (TPSA) is 51.8 Å². The lowest BCUT2D eigenvalue weighted by molar-refractivity contribution is 0.582. The number of aromatic nitrogens is 2. The normalized spacial score (nSPS) is 13.3. The van der Waals surface area contributed by atoms with E-state index in [0.717, 1.165) is 33.0 Å². The fourth-order valence-corrected chi connectivity index (χ4v) is 3.86. The van der Waals surface area contributed by atoms with Crippen LogP contribution in [0, 0.1) is 5.82 Å². The van der Waals surface area contributed by atoms with Gasteiger partial charge in [0.2, 0.25) is 0 Å². The zero-order valence-electron chi connectivity index (χ0n) is 14.8. The van der Waals surface area contributed by atoms with Gasteiger partial charge in [-0.3, -0.25) is 4.98 Å². The van der Waals surface area contributed by atoms with Gasteiger partial charge in [0.15, 0.2) is 0 Å². The lowest BCUT2D eigenvalue weighted by atomic mass is 9.88. The number of rotatable bonds is 4. The van der Waals surface area contributed by atoms with Gasteiger partial charge < -0.3 is 5.73 Å². The number of halogens is 1. The Morgan fingerprint density at radius 3 is 2.41 bits per heavy atom. The van der Waals surface area contributed by atoms with Crippen molar-refractivity contribution < 1.29 is 4.39 Å². The maximum Gasteiger partial charge on any atom is 0.123 e. The Morgan fingerprint density at radius 1 is 0.926 bits per heavy atom. The van der Waals surface area contributed by atoms with Crippen molar-refractivity contribution in [2.75, 3.05) is 0 Å². The van der Waals surface area contributed by atoms with Crippen LogP contribution < -0.4 is 5.73 Å². The second-order valence-electron chi connectivity index (χ2n) is 6.54. The van der Waals surface area contributed by atoms with E-state index in [-0.39, 0.29) is 5.82 Å². The molecule has 4 rings (SSSR count). The monoisotopic (exact) mass is 375 g/mol. The van der Waals surface area contributed by atoms with Gasteiger partial charge in [0.25, 0.3) is 0 Å². The van der Waals surface area contributed by atoms with Gasteiger partial charge in [-0.25, -0.2) is 9.37 Å². The molecule has 0 bridgehead atoms. The number of hydrogen-bond acceptors (Lipinski definition) is 4. The van der Waals surface area contributed by atoms with Gasteiger partial charge in [0, 0.05) is 11.8 Å². The summed E-state index contributed by atoms with van der Waals surface area (Å²) in [5.74, 6) is -0.261. The number of thiazole rings is 1. The lowest BCUT2D eigenvalue weighted by Gasteiger charge is -2.25. The highest BCUT2D eigenvalue weighted by atomic mass is 32.1. The van der Waals surface area contributed by atoms with Crippen LogP contribution in [-0.4, -0.2) is 9.97 Å². The first-order valence-electron chi connectivity index (χ1n) is 8.56. The molecule has 134 valence electrons. The van der Waals surface area contributed by atoms with E-state index in [1.807, 2.05) is 49.4 Å². The number of hydrogen-bond donors (Lipinski definition) is 1. The predicted octanol–water partition coefficient (Wildman–Crippen LogP) is 5.23. The zero-order chi connectivity index (χ0) is 18.9. The molecule has 2 aromatic carbocycles. The molecule has 27 heavy (non-hydrogen) atoms. The highest BCUT2D eigenvalue weighted by Crippen LogP contribution is 2.36. The molecular weight excluding hydrogens is 357 g/mol. The minimum absolute atomic E-state index is 0.261. The average Bonchev–Trinajstić information content (AvgIpc) is 3.19. The van der Waals surface area contributed by atoms with E-state index in [4.69, 9.17) is 5.73 Å². The quantitative estimate of drug-likeness (QED) is 0.531. The van der Waals surface area contributed by atoms with E-state index in [0.29, 0.717) is 0 Å². The zero-order valence-corrected chi connectivity index (χ0v) is 15.6. The van der Waals surface area contributed by atoms with Gasteiger partial charge in [-0.1, -0.05) is 30.3 Å². The summed E-state index contributed by atoms with van der Waals surface area (Å²) in [4.78, 5) is 10.0. The van der Waals surface area contributed by atoms with Crippen molar-refractivity contribution in [3.63, 3.8) is 0 Å². The van der Waals surface area contributed by atoms with Crippen LogP contribution in [-0.2, 0) is 5.54 Å². The van der Waals surface area contributed by atoms with Crippen molar-refractivity contribution in [3.05, 3.63) is 95.5 Å². The maximum atomic E-state index is 13.3. The van der Waals surface area contributed by atoms with Crippen LogP contribution in [0.4, 0.5) is 4.39 Å². The lowest BCUT2D eigenvalue weighted by Crippen LogP contribution is -2.35. The third kappa shape index (κ3) is 3.39. The standard InChI is InChI=1S/C22H18FN3S/c1-22(24,17-5-3-2-4-6-17)19-13-16(11-12-25-19)21-20(26-14-27-21)15-7-9-18(23)10-8-15/h2-14H,24H2,1H3/t22-/m0/s1. The van der Waals surface area contributed by atoms with Crippen LogP contribution in [0.25, 0.3) is 21.7 Å². The van der Waals surface area contributed by atoms with E-state index in [9.17, 15) is 4.39 Å². The molecule has 0 aliphatic heterocycles. The second kappa shape index (κ2) is 7.02. The van der Waals surface area contributed by atoms with Crippen LogP contribution in [0.1, 0.15) is 18.2 Å². The predicted molar refractivity (Wildman–Crippen MR) is 108 cm³/mol. The van der Waals surface area contributed by atoms with Gasteiger partial charge in [-0.15, -0.1) is 11.3 Å². The number of nitrogens with zero attached hydrogens (tertiary/aromatic N) is 2. The highest BCUT2D eigenvalue weighted by Gasteiger charge is 2.26. The van der Waals surface area contributed by atoms with E-state index in [1.165, 1.54) is 12.1 Å². The molecule has 0 radical (unpaired) electrons. The fraction of sp³-hybridized carbons (Fsp3) is 0.0909. The molecule has 5 heteroatoms. The SMILES string of the molecule is C[C@](N)(c1ccccc1)c1cc(-c2scnc2-c2ccc(F)cc2)ccn1. The van der Waals surface area contributed by atoms with Crippen LogP contribution in [0.3, 0.4) is 0 Å². The molecule has 0 saturated carbocycles. The summed E-state index contributed by atoms with van der Waals surface area (Å²) in [5, 5.41) is 0. The van der Waals surface area contributed by atoms with E-state index in [1.54, 1.807) is 35.2 Å². The summed E-state index contributed by atoms with van der Waals surface area (Å²) >= 11 is 1.54. The van der Waals surface area contributed by atoms with Gasteiger partial charge in [-0.05, 0) is 54.4 Å². The molecule has 4 aromatic rings. The summed E-state index contributed by atoms with van der Waals surface area (Å²) in [7, 11) is 0. The van der Waals surface area contributed by atoms with Crippen LogP contribution in [0.2, 0.25) is 0 Å². The summed E-state index contributed by atoms with van der Waals surface area (Å²) in [6.07, 6.45) is 1.77. The first kappa shape index (κ1) is 17.5. The Morgan fingerprint density at radius 2 is 1.67 bits per heavy atom. The van der Waals surface area contributed by atoms with Crippen molar-refractivity contribution in [3.8, 4) is 21.7 Å².